The molecule has 0 saturated heterocycles. The van der Waals surface area contributed by atoms with E-state index in [0.717, 1.165) is 41.9 Å². The first-order valence-electron chi connectivity index (χ1n) is 7.05. The van der Waals surface area contributed by atoms with Gasteiger partial charge in [-0.05, 0) is 42.8 Å². The highest BCUT2D eigenvalue weighted by Crippen LogP contribution is 2.27. The lowest BCUT2D eigenvalue weighted by Crippen LogP contribution is -2.27. The van der Waals surface area contributed by atoms with E-state index in [9.17, 15) is 0 Å². The van der Waals surface area contributed by atoms with Crippen molar-refractivity contribution in [2.45, 2.75) is 25.9 Å². The second-order valence-corrected chi connectivity index (χ2v) is 6.33. The molecule has 2 N–H and O–H groups in total. The average Bonchev–Trinajstić information content (AvgIpc) is 2.96. The number of nitrogens with zero attached hydrogens (tertiary/aromatic N) is 1. The molecule has 0 aliphatic carbocycles. The molecular weight excluding hydrogens is 352 g/mol. The van der Waals surface area contributed by atoms with Crippen molar-refractivity contribution in [1.82, 2.24) is 4.90 Å². The first-order chi connectivity index (χ1) is 10.1. The molecule has 1 unspecified atom stereocenters. The minimum absolute atomic E-state index is 0.0590. The van der Waals surface area contributed by atoms with Gasteiger partial charge in [0.15, 0.2) is 0 Å². The maximum atomic E-state index is 6.27. The SMILES string of the molecule is CCN(CCC(N)c1ccc(Br)cc1Cl)Cc1ccco1. The van der Waals surface area contributed by atoms with E-state index in [-0.39, 0.29) is 6.04 Å². The molecule has 2 aromatic rings. The molecule has 1 aromatic heterocycles. The van der Waals surface area contributed by atoms with Crippen LogP contribution < -0.4 is 5.73 Å². The molecule has 0 spiro atoms. The predicted molar refractivity (Wildman–Crippen MR) is 90.4 cm³/mol. The quantitative estimate of drug-likeness (QED) is 0.773. The number of rotatable bonds is 7. The predicted octanol–water partition coefficient (Wildman–Crippen LogP) is 4.61. The molecule has 0 saturated carbocycles. The highest BCUT2D eigenvalue weighted by molar-refractivity contribution is 9.10. The Labute approximate surface area is 139 Å². The molecule has 5 heteroatoms. The zero-order valence-electron chi connectivity index (χ0n) is 12.1. The topological polar surface area (TPSA) is 42.4 Å². The Morgan fingerprint density at radius 3 is 2.81 bits per heavy atom. The Kier molecular flexibility index (Phi) is 6.30. The average molecular weight is 372 g/mol. The van der Waals surface area contributed by atoms with Crippen LogP contribution in [0.5, 0.6) is 0 Å². The number of hydrogen-bond donors (Lipinski definition) is 1. The van der Waals surface area contributed by atoms with Gasteiger partial charge < -0.3 is 10.2 Å². The summed E-state index contributed by atoms with van der Waals surface area (Å²) in [6.07, 6.45) is 2.56. The number of benzene rings is 1. The van der Waals surface area contributed by atoms with E-state index < -0.39 is 0 Å². The standard InChI is InChI=1S/C16H20BrClN2O/c1-2-20(11-13-4-3-9-21-13)8-7-16(19)14-6-5-12(17)10-15(14)18/h3-6,9-10,16H,2,7-8,11,19H2,1H3. The van der Waals surface area contributed by atoms with Crippen LogP contribution in [-0.2, 0) is 6.54 Å². The summed E-state index contributed by atoms with van der Waals surface area (Å²) in [6.45, 7) is 4.82. The van der Waals surface area contributed by atoms with Gasteiger partial charge in [0, 0.05) is 22.1 Å². The Morgan fingerprint density at radius 1 is 1.38 bits per heavy atom. The van der Waals surface area contributed by atoms with Crippen LogP contribution in [0.25, 0.3) is 0 Å². The second-order valence-electron chi connectivity index (χ2n) is 5.01. The minimum Gasteiger partial charge on any atom is -0.468 e. The highest BCUT2D eigenvalue weighted by Gasteiger charge is 2.13. The molecule has 3 nitrogen and oxygen atoms in total. The molecule has 0 amide bonds. The van der Waals surface area contributed by atoms with Crippen LogP contribution in [0.2, 0.25) is 5.02 Å². The lowest BCUT2D eigenvalue weighted by atomic mass is 10.0. The van der Waals surface area contributed by atoms with E-state index in [1.807, 2.05) is 30.3 Å². The number of nitrogens with two attached hydrogens (primary N) is 1. The third-order valence-electron chi connectivity index (χ3n) is 3.53. The summed E-state index contributed by atoms with van der Waals surface area (Å²) < 4.78 is 6.36. The van der Waals surface area contributed by atoms with Gasteiger partial charge in [-0.25, -0.2) is 0 Å². The normalized spacial score (nSPS) is 12.8. The lowest BCUT2D eigenvalue weighted by molar-refractivity contribution is 0.246. The zero-order valence-corrected chi connectivity index (χ0v) is 14.4. The summed E-state index contributed by atoms with van der Waals surface area (Å²) >= 11 is 9.66. The summed E-state index contributed by atoms with van der Waals surface area (Å²) in [5, 5.41) is 0.714. The fraction of sp³-hybridized carbons (Fsp3) is 0.375. The first kappa shape index (κ1) is 16.6. The van der Waals surface area contributed by atoms with Crippen molar-refractivity contribution >= 4 is 27.5 Å². The summed E-state index contributed by atoms with van der Waals surface area (Å²) in [7, 11) is 0. The van der Waals surface area contributed by atoms with Gasteiger partial charge in [-0.15, -0.1) is 0 Å². The maximum Gasteiger partial charge on any atom is 0.117 e. The van der Waals surface area contributed by atoms with E-state index in [2.05, 4.69) is 27.8 Å². The van der Waals surface area contributed by atoms with Gasteiger partial charge in [0.1, 0.15) is 5.76 Å². The summed E-state index contributed by atoms with van der Waals surface area (Å²) in [5.41, 5.74) is 7.27. The van der Waals surface area contributed by atoms with Gasteiger partial charge in [-0.1, -0.05) is 40.5 Å². The van der Waals surface area contributed by atoms with Gasteiger partial charge in [-0.2, -0.15) is 0 Å². The highest BCUT2D eigenvalue weighted by atomic mass is 79.9. The van der Waals surface area contributed by atoms with Crippen molar-refractivity contribution in [3.63, 3.8) is 0 Å². The molecule has 0 aliphatic heterocycles. The van der Waals surface area contributed by atoms with Crippen LogP contribution in [0.4, 0.5) is 0 Å². The number of halogens is 2. The minimum atomic E-state index is -0.0590. The smallest absolute Gasteiger partial charge is 0.117 e. The molecule has 114 valence electrons. The molecular formula is C16H20BrClN2O. The molecule has 0 radical (unpaired) electrons. The zero-order chi connectivity index (χ0) is 15.2. The van der Waals surface area contributed by atoms with Crippen LogP contribution in [0.1, 0.15) is 30.7 Å². The van der Waals surface area contributed by atoms with Crippen molar-refractivity contribution in [2.75, 3.05) is 13.1 Å². The molecule has 1 atom stereocenters. The van der Waals surface area contributed by atoms with Crippen molar-refractivity contribution in [3.05, 3.63) is 57.4 Å². The van der Waals surface area contributed by atoms with Crippen molar-refractivity contribution < 1.29 is 4.42 Å². The third-order valence-corrected chi connectivity index (χ3v) is 4.35. The van der Waals surface area contributed by atoms with Gasteiger partial charge >= 0.3 is 0 Å². The summed E-state index contributed by atoms with van der Waals surface area (Å²) in [5.74, 6) is 0.979. The molecule has 0 fully saturated rings. The van der Waals surface area contributed by atoms with Crippen LogP contribution in [0, 0.1) is 0 Å². The van der Waals surface area contributed by atoms with E-state index in [1.165, 1.54) is 0 Å². The van der Waals surface area contributed by atoms with Gasteiger partial charge in [0.05, 0.1) is 12.8 Å². The van der Waals surface area contributed by atoms with E-state index in [0.29, 0.717) is 5.02 Å². The monoisotopic (exact) mass is 370 g/mol. The van der Waals surface area contributed by atoms with Crippen molar-refractivity contribution in [3.8, 4) is 0 Å². The molecule has 1 aromatic carbocycles. The largest absolute Gasteiger partial charge is 0.468 e. The van der Waals surface area contributed by atoms with E-state index in [1.54, 1.807) is 6.26 Å². The van der Waals surface area contributed by atoms with Crippen LogP contribution in [-0.4, -0.2) is 18.0 Å². The maximum absolute atomic E-state index is 6.27. The Balaban J connectivity index is 1.91. The van der Waals surface area contributed by atoms with Gasteiger partial charge in [0.25, 0.3) is 0 Å². The lowest BCUT2D eigenvalue weighted by Gasteiger charge is -2.22. The van der Waals surface area contributed by atoms with E-state index >= 15 is 0 Å². The Morgan fingerprint density at radius 2 is 2.19 bits per heavy atom. The summed E-state index contributed by atoms with van der Waals surface area (Å²) in [4.78, 5) is 2.31. The van der Waals surface area contributed by atoms with Gasteiger partial charge in [0.2, 0.25) is 0 Å². The summed E-state index contributed by atoms with van der Waals surface area (Å²) in [6, 6.07) is 9.69. The van der Waals surface area contributed by atoms with Crippen molar-refractivity contribution in [1.29, 1.82) is 0 Å². The second kappa shape index (κ2) is 7.99. The fourth-order valence-electron chi connectivity index (χ4n) is 2.25. The Hall–Kier alpha value is -0.810. The molecule has 0 bridgehead atoms. The fourth-order valence-corrected chi connectivity index (χ4v) is 3.06. The van der Waals surface area contributed by atoms with Crippen molar-refractivity contribution in [2.24, 2.45) is 5.73 Å². The number of furan rings is 1. The first-order valence-corrected chi connectivity index (χ1v) is 8.22. The van der Waals surface area contributed by atoms with Crippen LogP contribution in [0.3, 0.4) is 0 Å². The third kappa shape index (κ3) is 4.85. The van der Waals surface area contributed by atoms with Gasteiger partial charge in [-0.3, -0.25) is 4.90 Å². The van der Waals surface area contributed by atoms with Crippen LogP contribution >= 0.6 is 27.5 Å². The van der Waals surface area contributed by atoms with E-state index in [4.69, 9.17) is 21.8 Å². The Bertz CT molecular complexity index is 559. The molecule has 2 rings (SSSR count). The molecule has 21 heavy (non-hydrogen) atoms. The molecule has 0 aliphatic rings. The molecule has 1 heterocycles. The number of hydrogen-bond acceptors (Lipinski definition) is 3. The van der Waals surface area contributed by atoms with Crippen LogP contribution in [0.15, 0.2) is 45.5 Å².